The summed E-state index contributed by atoms with van der Waals surface area (Å²) < 4.78 is 24.3. The maximum absolute atomic E-state index is 12.1. The van der Waals surface area contributed by atoms with Crippen LogP contribution < -0.4 is 0 Å². The molecule has 0 bridgehead atoms. The van der Waals surface area contributed by atoms with Crippen LogP contribution in [0.1, 0.15) is 13.3 Å². The standard InChI is InChI=1S/C6H8F2O2/c1-3(5(9)10)4-2-6(4,7)8/h3-4H,2H2,1H3,(H,9,10). The molecule has 0 spiro atoms. The van der Waals surface area contributed by atoms with Gasteiger partial charge in [-0.15, -0.1) is 0 Å². The Morgan fingerprint density at radius 1 is 1.80 bits per heavy atom. The number of rotatable bonds is 2. The zero-order chi connectivity index (χ0) is 7.94. The highest BCUT2D eigenvalue weighted by Crippen LogP contribution is 2.52. The number of hydrogen-bond acceptors (Lipinski definition) is 1. The van der Waals surface area contributed by atoms with E-state index < -0.39 is 23.7 Å². The summed E-state index contributed by atoms with van der Waals surface area (Å²) in [5, 5.41) is 8.29. The molecule has 4 heteroatoms. The molecule has 0 amide bonds. The molecule has 10 heavy (non-hydrogen) atoms. The third-order valence-electron chi connectivity index (χ3n) is 1.87. The molecule has 1 fully saturated rings. The highest BCUT2D eigenvalue weighted by Gasteiger charge is 2.60. The monoisotopic (exact) mass is 150 g/mol. The summed E-state index contributed by atoms with van der Waals surface area (Å²) >= 11 is 0. The third kappa shape index (κ3) is 1.10. The van der Waals surface area contributed by atoms with Gasteiger partial charge in [-0.3, -0.25) is 4.79 Å². The van der Waals surface area contributed by atoms with E-state index in [2.05, 4.69) is 0 Å². The molecule has 0 radical (unpaired) electrons. The Balaban J connectivity index is 2.47. The molecule has 0 aromatic carbocycles. The average Bonchev–Trinajstić information content (AvgIpc) is 2.38. The van der Waals surface area contributed by atoms with Gasteiger partial charge in [-0.2, -0.15) is 0 Å². The molecule has 0 aliphatic heterocycles. The van der Waals surface area contributed by atoms with E-state index in [0.717, 1.165) is 0 Å². The van der Waals surface area contributed by atoms with Crippen molar-refractivity contribution in [3.05, 3.63) is 0 Å². The Kier molecular flexibility index (Phi) is 1.42. The summed E-state index contributed by atoms with van der Waals surface area (Å²) in [6.45, 7) is 1.31. The van der Waals surface area contributed by atoms with Gasteiger partial charge in [0.05, 0.1) is 5.92 Å². The summed E-state index contributed by atoms with van der Waals surface area (Å²) in [4.78, 5) is 10.1. The van der Waals surface area contributed by atoms with Gasteiger partial charge in [-0.1, -0.05) is 6.92 Å². The number of carboxylic acids is 1. The minimum absolute atomic E-state index is 0.263. The largest absolute Gasteiger partial charge is 0.481 e. The molecular formula is C6H8F2O2. The summed E-state index contributed by atoms with van der Waals surface area (Å²) in [6.07, 6.45) is -0.263. The van der Waals surface area contributed by atoms with Crippen molar-refractivity contribution in [1.29, 1.82) is 0 Å². The van der Waals surface area contributed by atoms with Crippen LogP contribution in [0.2, 0.25) is 0 Å². The number of hydrogen-bond donors (Lipinski definition) is 1. The second-order valence-electron chi connectivity index (χ2n) is 2.70. The molecule has 1 aliphatic rings. The highest BCUT2D eigenvalue weighted by molar-refractivity contribution is 5.70. The summed E-state index contributed by atoms with van der Waals surface area (Å²) in [5.41, 5.74) is 0. The van der Waals surface area contributed by atoms with E-state index in [0.29, 0.717) is 0 Å². The fraction of sp³-hybridized carbons (Fsp3) is 0.833. The molecule has 0 aromatic rings. The maximum atomic E-state index is 12.1. The van der Waals surface area contributed by atoms with Gasteiger partial charge >= 0.3 is 5.97 Å². The van der Waals surface area contributed by atoms with E-state index >= 15 is 0 Å². The van der Waals surface area contributed by atoms with Crippen LogP contribution in [0.25, 0.3) is 0 Å². The number of aliphatic carboxylic acids is 1. The van der Waals surface area contributed by atoms with E-state index in [1.54, 1.807) is 0 Å². The zero-order valence-electron chi connectivity index (χ0n) is 5.47. The van der Waals surface area contributed by atoms with Crippen LogP contribution in [-0.4, -0.2) is 17.0 Å². The van der Waals surface area contributed by atoms with Crippen LogP contribution >= 0.6 is 0 Å². The highest BCUT2D eigenvalue weighted by atomic mass is 19.3. The number of carboxylic acid groups (broad SMARTS) is 1. The molecule has 58 valence electrons. The van der Waals surface area contributed by atoms with Gasteiger partial charge in [0.15, 0.2) is 0 Å². The summed E-state index contributed by atoms with van der Waals surface area (Å²) in [7, 11) is 0. The Bertz CT molecular complexity index is 167. The van der Waals surface area contributed by atoms with E-state index in [1.807, 2.05) is 0 Å². The Morgan fingerprint density at radius 2 is 2.20 bits per heavy atom. The summed E-state index contributed by atoms with van der Waals surface area (Å²) in [6, 6.07) is 0. The first kappa shape index (κ1) is 7.44. The molecule has 1 N–H and O–H groups in total. The molecular weight excluding hydrogens is 142 g/mol. The van der Waals surface area contributed by atoms with Crippen molar-refractivity contribution in [2.75, 3.05) is 0 Å². The third-order valence-corrected chi connectivity index (χ3v) is 1.87. The SMILES string of the molecule is CC(C(=O)O)C1CC1(F)F. The van der Waals surface area contributed by atoms with E-state index in [9.17, 15) is 13.6 Å². The minimum atomic E-state index is -2.71. The van der Waals surface area contributed by atoms with E-state index in [-0.39, 0.29) is 6.42 Å². The molecule has 2 nitrogen and oxygen atoms in total. The van der Waals surface area contributed by atoms with Crippen LogP contribution in [0.3, 0.4) is 0 Å². The van der Waals surface area contributed by atoms with Crippen LogP contribution in [0, 0.1) is 11.8 Å². The first-order chi connectivity index (χ1) is 4.45. The lowest BCUT2D eigenvalue weighted by atomic mass is 10.1. The first-order valence-corrected chi connectivity index (χ1v) is 3.06. The molecule has 1 aliphatic carbocycles. The van der Waals surface area contributed by atoms with Crippen molar-refractivity contribution in [2.24, 2.45) is 11.8 Å². The number of alkyl halides is 2. The van der Waals surface area contributed by atoms with Crippen molar-refractivity contribution >= 4 is 5.97 Å². The fourth-order valence-corrected chi connectivity index (χ4v) is 0.949. The molecule has 0 saturated heterocycles. The van der Waals surface area contributed by atoms with Crippen molar-refractivity contribution in [2.45, 2.75) is 19.3 Å². The van der Waals surface area contributed by atoms with Crippen LogP contribution in [0.4, 0.5) is 8.78 Å². The molecule has 1 rings (SSSR count). The Hall–Kier alpha value is -0.670. The first-order valence-electron chi connectivity index (χ1n) is 3.06. The summed E-state index contributed by atoms with van der Waals surface area (Å²) in [5.74, 6) is -5.68. The van der Waals surface area contributed by atoms with Gasteiger partial charge in [0, 0.05) is 12.3 Å². The van der Waals surface area contributed by atoms with Gasteiger partial charge in [-0.05, 0) is 0 Å². The molecule has 2 unspecified atom stereocenters. The van der Waals surface area contributed by atoms with Gasteiger partial charge < -0.3 is 5.11 Å². The topological polar surface area (TPSA) is 37.3 Å². The smallest absolute Gasteiger partial charge is 0.306 e. The second kappa shape index (κ2) is 1.90. The lowest BCUT2D eigenvalue weighted by Gasteiger charge is -2.01. The second-order valence-corrected chi connectivity index (χ2v) is 2.70. The Labute approximate surface area is 56.8 Å². The number of carbonyl (C=O) groups is 1. The predicted octanol–water partition coefficient (Wildman–Crippen LogP) is 1.36. The minimum Gasteiger partial charge on any atom is -0.481 e. The van der Waals surface area contributed by atoms with Crippen LogP contribution in [0.5, 0.6) is 0 Å². The average molecular weight is 150 g/mol. The lowest BCUT2D eigenvalue weighted by molar-refractivity contribution is -0.142. The van der Waals surface area contributed by atoms with E-state index in [4.69, 9.17) is 5.11 Å². The molecule has 0 heterocycles. The van der Waals surface area contributed by atoms with Gasteiger partial charge in [0.1, 0.15) is 0 Å². The fourth-order valence-electron chi connectivity index (χ4n) is 0.949. The zero-order valence-corrected chi connectivity index (χ0v) is 5.47. The predicted molar refractivity (Wildman–Crippen MR) is 29.9 cm³/mol. The van der Waals surface area contributed by atoms with Gasteiger partial charge in [0.2, 0.25) is 0 Å². The van der Waals surface area contributed by atoms with Gasteiger partial charge in [0.25, 0.3) is 5.92 Å². The van der Waals surface area contributed by atoms with Crippen molar-refractivity contribution in [3.8, 4) is 0 Å². The maximum Gasteiger partial charge on any atom is 0.306 e. The number of halogens is 2. The molecule has 1 saturated carbocycles. The van der Waals surface area contributed by atoms with Crippen molar-refractivity contribution in [1.82, 2.24) is 0 Å². The van der Waals surface area contributed by atoms with Crippen LogP contribution in [-0.2, 0) is 4.79 Å². The van der Waals surface area contributed by atoms with Crippen molar-refractivity contribution in [3.63, 3.8) is 0 Å². The van der Waals surface area contributed by atoms with E-state index in [1.165, 1.54) is 6.92 Å². The van der Waals surface area contributed by atoms with Crippen molar-refractivity contribution < 1.29 is 18.7 Å². The Morgan fingerprint density at radius 3 is 2.30 bits per heavy atom. The quantitative estimate of drug-likeness (QED) is 0.645. The van der Waals surface area contributed by atoms with Gasteiger partial charge in [-0.25, -0.2) is 8.78 Å². The lowest BCUT2D eigenvalue weighted by Crippen LogP contribution is -2.15. The normalized spacial score (nSPS) is 31.3. The molecule has 2 atom stereocenters. The van der Waals surface area contributed by atoms with Crippen LogP contribution in [0.15, 0.2) is 0 Å². The molecule has 0 aromatic heterocycles.